The Kier molecular flexibility index (Phi) is 4.50. The Bertz CT molecular complexity index is 219. The van der Waals surface area contributed by atoms with Gasteiger partial charge in [-0.15, -0.1) is 0 Å². The van der Waals surface area contributed by atoms with Crippen LogP contribution in [0.1, 0.15) is 24.8 Å². The van der Waals surface area contributed by atoms with Crippen LogP contribution in [0, 0.1) is 0 Å². The van der Waals surface area contributed by atoms with Gasteiger partial charge in [0.05, 0.1) is 0 Å². The molecule has 0 aromatic heterocycles. The van der Waals surface area contributed by atoms with Crippen LogP contribution in [0.15, 0.2) is 30.3 Å². The summed E-state index contributed by atoms with van der Waals surface area (Å²) in [5, 5.41) is 17.2. The zero-order chi connectivity index (χ0) is 9.52. The molecule has 0 radical (unpaired) electrons. The zero-order valence-corrected chi connectivity index (χ0v) is 7.69. The van der Waals surface area contributed by atoms with Gasteiger partial charge in [0.2, 0.25) is 0 Å². The van der Waals surface area contributed by atoms with Crippen molar-refractivity contribution in [2.24, 2.45) is 0 Å². The molecule has 0 heterocycles. The molecule has 0 unspecified atom stereocenters. The third kappa shape index (κ3) is 4.65. The molecule has 0 amide bonds. The Balaban J connectivity index is 2.13. The lowest BCUT2D eigenvalue weighted by Gasteiger charge is -2.03. The van der Waals surface area contributed by atoms with Gasteiger partial charge in [-0.1, -0.05) is 30.3 Å². The van der Waals surface area contributed by atoms with E-state index >= 15 is 0 Å². The van der Waals surface area contributed by atoms with E-state index in [1.165, 1.54) is 5.56 Å². The van der Waals surface area contributed by atoms with Crippen LogP contribution in [0.2, 0.25) is 0 Å². The molecule has 2 heteroatoms. The second kappa shape index (κ2) is 5.73. The lowest BCUT2D eigenvalue weighted by molar-refractivity contribution is -0.0465. The molecule has 0 bridgehead atoms. The summed E-state index contributed by atoms with van der Waals surface area (Å²) in [5.74, 6) is 0. The average molecular weight is 180 g/mol. The van der Waals surface area contributed by atoms with E-state index in [2.05, 4.69) is 12.1 Å². The van der Waals surface area contributed by atoms with E-state index in [0.717, 1.165) is 19.3 Å². The fraction of sp³-hybridized carbons (Fsp3) is 0.455. The van der Waals surface area contributed by atoms with E-state index in [4.69, 9.17) is 10.2 Å². The summed E-state index contributed by atoms with van der Waals surface area (Å²) in [6.45, 7) is 0. The van der Waals surface area contributed by atoms with E-state index in [1.807, 2.05) is 18.2 Å². The van der Waals surface area contributed by atoms with Gasteiger partial charge in [0.25, 0.3) is 0 Å². The Morgan fingerprint density at radius 1 is 1.00 bits per heavy atom. The maximum absolute atomic E-state index is 8.61. The summed E-state index contributed by atoms with van der Waals surface area (Å²) in [4.78, 5) is 0. The molecule has 13 heavy (non-hydrogen) atoms. The first-order chi connectivity index (χ1) is 6.29. The van der Waals surface area contributed by atoms with Crippen molar-refractivity contribution in [3.8, 4) is 0 Å². The van der Waals surface area contributed by atoms with Gasteiger partial charge in [-0.2, -0.15) is 0 Å². The quantitative estimate of drug-likeness (QED) is 0.535. The van der Waals surface area contributed by atoms with Crippen LogP contribution in [0.5, 0.6) is 0 Å². The Morgan fingerprint density at radius 3 is 2.31 bits per heavy atom. The summed E-state index contributed by atoms with van der Waals surface area (Å²) in [6.07, 6.45) is 2.24. The number of benzene rings is 1. The topological polar surface area (TPSA) is 40.5 Å². The van der Waals surface area contributed by atoms with Gasteiger partial charge < -0.3 is 10.2 Å². The molecule has 0 aliphatic carbocycles. The molecule has 1 rings (SSSR count). The van der Waals surface area contributed by atoms with Crippen molar-refractivity contribution in [1.82, 2.24) is 0 Å². The fourth-order valence-electron chi connectivity index (χ4n) is 1.30. The summed E-state index contributed by atoms with van der Waals surface area (Å²) < 4.78 is 0. The van der Waals surface area contributed by atoms with Crippen molar-refractivity contribution in [2.45, 2.75) is 32.0 Å². The lowest BCUT2D eigenvalue weighted by atomic mass is 10.1. The summed E-state index contributed by atoms with van der Waals surface area (Å²) in [5.41, 5.74) is 1.31. The minimum absolute atomic E-state index is 0.479. The highest BCUT2D eigenvalue weighted by atomic mass is 16.5. The predicted molar refractivity (Wildman–Crippen MR) is 52.2 cm³/mol. The Labute approximate surface area is 78.8 Å². The number of hydrogen-bond acceptors (Lipinski definition) is 2. The van der Waals surface area contributed by atoms with Gasteiger partial charge >= 0.3 is 0 Å². The largest absolute Gasteiger partial charge is 0.368 e. The molecule has 72 valence electrons. The molecule has 0 aliphatic rings. The maximum Gasteiger partial charge on any atom is 0.151 e. The molecule has 2 nitrogen and oxygen atoms in total. The van der Waals surface area contributed by atoms with Crippen LogP contribution in [-0.4, -0.2) is 16.5 Å². The zero-order valence-electron chi connectivity index (χ0n) is 7.69. The number of unbranched alkanes of at least 4 members (excludes halogenated alkanes) is 1. The van der Waals surface area contributed by atoms with Gasteiger partial charge in [0.1, 0.15) is 0 Å². The van der Waals surface area contributed by atoms with Gasteiger partial charge in [-0.25, -0.2) is 0 Å². The molecule has 0 spiro atoms. The average Bonchev–Trinajstić information content (AvgIpc) is 2.14. The summed E-state index contributed by atoms with van der Waals surface area (Å²) in [7, 11) is 0. The predicted octanol–water partition coefficient (Wildman–Crippen LogP) is 1.71. The van der Waals surface area contributed by atoms with Crippen molar-refractivity contribution < 1.29 is 10.2 Å². The monoisotopic (exact) mass is 180 g/mol. The first kappa shape index (κ1) is 10.2. The van der Waals surface area contributed by atoms with Crippen molar-refractivity contribution >= 4 is 0 Å². The van der Waals surface area contributed by atoms with Crippen molar-refractivity contribution in [3.63, 3.8) is 0 Å². The maximum atomic E-state index is 8.61. The first-order valence-corrected chi connectivity index (χ1v) is 4.69. The molecule has 0 aliphatic heterocycles. The normalized spacial score (nSPS) is 10.7. The Morgan fingerprint density at radius 2 is 1.69 bits per heavy atom. The number of aryl methyl sites for hydroxylation is 1. The molecule has 1 aromatic carbocycles. The van der Waals surface area contributed by atoms with E-state index in [0.29, 0.717) is 6.42 Å². The van der Waals surface area contributed by atoms with Crippen LogP contribution in [-0.2, 0) is 6.42 Å². The third-order valence-electron chi connectivity index (χ3n) is 2.02. The summed E-state index contributed by atoms with van der Waals surface area (Å²) >= 11 is 0. The minimum atomic E-state index is -1.14. The first-order valence-electron chi connectivity index (χ1n) is 4.69. The van der Waals surface area contributed by atoms with E-state index in [-0.39, 0.29) is 0 Å². The minimum Gasteiger partial charge on any atom is -0.368 e. The van der Waals surface area contributed by atoms with Gasteiger partial charge in [-0.05, 0) is 31.2 Å². The van der Waals surface area contributed by atoms with Crippen LogP contribution in [0.3, 0.4) is 0 Å². The fourth-order valence-corrected chi connectivity index (χ4v) is 1.30. The van der Waals surface area contributed by atoms with Crippen LogP contribution >= 0.6 is 0 Å². The highest BCUT2D eigenvalue weighted by Crippen LogP contribution is 2.06. The van der Waals surface area contributed by atoms with E-state index in [9.17, 15) is 0 Å². The summed E-state index contributed by atoms with van der Waals surface area (Å²) in [6, 6.07) is 10.2. The number of rotatable bonds is 5. The number of aliphatic hydroxyl groups excluding tert-OH is 1. The van der Waals surface area contributed by atoms with E-state index in [1.54, 1.807) is 0 Å². The van der Waals surface area contributed by atoms with Gasteiger partial charge in [0, 0.05) is 0 Å². The molecule has 0 saturated heterocycles. The second-order valence-electron chi connectivity index (χ2n) is 3.21. The molecular formula is C11H16O2. The van der Waals surface area contributed by atoms with Crippen molar-refractivity contribution in [2.75, 3.05) is 0 Å². The molecule has 0 saturated carbocycles. The van der Waals surface area contributed by atoms with E-state index < -0.39 is 6.29 Å². The molecule has 0 fully saturated rings. The highest BCUT2D eigenvalue weighted by Gasteiger charge is 1.97. The number of aliphatic hydroxyl groups is 2. The molecule has 2 N–H and O–H groups in total. The molecular weight excluding hydrogens is 164 g/mol. The van der Waals surface area contributed by atoms with Gasteiger partial charge in [-0.3, -0.25) is 0 Å². The molecule has 1 aromatic rings. The van der Waals surface area contributed by atoms with Crippen LogP contribution in [0.25, 0.3) is 0 Å². The van der Waals surface area contributed by atoms with Crippen molar-refractivity contribution in [3.05, 3.63) is 35.9 Å². The smallest absolute Gasteiger partial charge is 0.151 e. The third-order valence-corrected chi connectivity index (χ3v) is 2.02. The lowest BCUT2D eigenvalue weighted by Crippen LogP contribution is -2.03. The van der Waals surface area contributed by atoms with Crippen molar-refractivity contribution in [1.29, 1.82) is 0 Å². The second-order valence-corrected chi connectivity index (χ2v) is 3.21. The van der Waals surface area contributed by atoms with Crippen LogP contribution < -0.4 is 0 Å². The highest BCUT2D eigenvalue weighted by molar-refractivity contribution is 5.14. The van der Waals surface area contributed by atoms with Gasteiger partial charge in [0.15, 0.2) is 6.29 Å². The van der Waals surface area contributed by atoms with Crippen LogP contribution in [0.4, 0.5) is 0 Å². The SMILES string of the molecule is OC(O)CCCCc1ccccc1. The Hall–Kier alpha value is -0.860. The molecule has 0 atom stereocenters. The number of hydrogen-bond donors (Lipinski definition) is 2. The standard InChI is InChI=1S/C11H16O2/c12-11(13)9-5-4-8-10-6-2-1-3-7-10/h1-3,6-7,11-13H,4-5,8-9H2.